The monoisotopic (exact) mass is 299 g/mol. The molecule has 0 atom stereocenters. The number of benzene rings is 1. The van der Waals surface area contributed by atoms with Crippen molar-refractivity contribution in [3.05, 3.63) is 52.8 Å². The zero-order valence-electron chi connectivity index (χ0n) is 11.6. The summed E-state index contributed by atoms with van der Waals surface area (Å²) in [6.07, 6.45) is 1.44. The van der Waals surface area contributed by atoms with E-state index in [-0.39, 0.29) is 11.6 Å². The van der Waals surface area contributed by atoms with E-state index < -0.39 is 0 Å². The van der Waals surface area contributed by atoms with Gasteiger partial charge in [-0.05, 0) is 26.0 Å². The van der Waals surface area contributed by atoms with Gasteiger partial charge in [0.25, 0.3) is 5.91 Å². The minimum atomic E-state index is -0.314. The number of carbonyl (C=O) groups excluding carboxylic acids is 1. The number of aromatic nitrogens is 4. The highest BCUT2D eigenvalue weighted by molar-refractivity contribution is 7.15. The minimum Gasteiger partial charge on any atom is -0.296 e. The van der Waals surface area contributed by atoms with Gasteiger partial charge >= 0.3 is 0 Å². The molecule has 7 heteroatoms. The second-order valence-electron chi connectivity index (χ2n) is 4.47. The lowest BCUT2D eigenvalue weighted by atomic mass is 10.3. The quantitative estimate of drug-likeness (QED) is 0.807. The van der Waals surface area contributed by atoms with E-state index in [4.69, 9.17) is 0 Å². The van der Waals surface area contributed by atoms with Gasteiger partial charge in [0.2, 0.25) is 0 Å². The van der Waals surface area contributed by atoms with Crippen LogP contribution in [0.4, 0.5) is 5.13 Å². The third-order valence-electron chi connectivity index (χ3n) is 2.96. The van der Waals surface area contributed by atoms with E-state index in [2.05, 4.69) is 20.5 Å². The number of para-hydroxylation sites is 1. The highest BCUT2D eigenvalue weighted by Gasteiger charge is 2.14. The van der Waals surface area contributed by atoms with Gasteiger partial charge in [0.1, 0.15) is 0 Å². The van der Waals surface area contributed by atoms with E-state index in [1.54, 1.807) is 0 Å². The van der Waals surface area contributed by atoms with Crippen molar-refractivity contribution >= 4 is 22.4 Å². The van der Waals surface area contributed by atoms with Crippen molar-refractivity contribution in [2.45, 2.75) is 13.8 Å². The molecule has 0 aliphatic rings. The fourth-order valence-electron chi connectivity index (χ4n) is 1.74. The van der Waals surface area contributed by atoms with Gasteiger partial charge < -0.3 is 0 Å². The van der Waals surface area contributed by atoms with E-state index in [1.807, 2.05) is 44.2 Å². The predicted octanol–water partition coefficient (Wildman–Crippen LogP) is 2.59. The van der Waals surface area contributed by atoms with Gasteiger partial charge in [0.05, 0.1) is 17.6 Å². The lowest BCUT2D eigenvalue weighted by molar-refractivity contribution is 0.102. The van der Waals surface area contributed by atoms with E-state index >= 15 is 0 Å². The molecule has 106 valence electrons. The number of nitrogens with zero attached hydrogens (tertiary/aromatic N) is 4. The minimum absolute atomic E-state index is 0.254. The van der Waals surface area contributed by atoms with E-state index in [9.17, 15) is 4.79 Å². The van der Waals surface area contributed by atoms with Crippen LogP contribution in [0.1, 0.15) is 21.1 Å². The summed E-state index contributed by atoms with van der Waals surface area (Å²) < 4.78 is 0. The number of aryl methyl sites for hydroxylation is 2. The molecule has 0 aliphatic heterocycles. The molecule has 3 rings (SSSR count). The number of anilines is 1. The van der Waals surface area contributed by atoms with Crippen LogP contribution in [-0.4, -0.2) is 25.9 Å². The number of thiazole rings is 1. The van der Waals surface area contributed by atoms with Crippen LogP contribution in [0.5, 0.6) is 0 Å². The Hall–Kier alpha value is -2.54. The van der Waals surface area contributed by atoms with E-state index in [0.29, 0.717) is 5.13 Å². The fraction of sp³-hybridized carbons (Fsp3) is 0.143. The maximum absolute atomic E-state index is 12.1. The summed E-state index contributed by atoms with van der Waals surface area (Å²) in [5.74, 6) is -0.314. The van der Waals surface area contributed by atoms with Crippen LogP contribution in [0.15, 0.2) is 36.5 Å². The van der Waals surface area contributed by atoms with Gasteiger partial charge in [0.15, 0.2) is 10.8 Å². The number of hydrogen-bond acceptors (Lipinski definition) is 5. The van der Waals surface area contributed by atoms with Gasteiger partial charge in [-0.2, -0.15) is 9.90 Å². The first-order valence-electron chi connectivity index (χ1n) is 6.36. The molecule has 0 radical (unpaired) electrons. The van der Waals surface area contributed by atoms with Gasteiger partial charge in [-0.25, -0.2) is 4.98 Å². The SMILES string of the molecule is Cc1nc(NC(=O)c2cnn(-c3ccccc3)n2)sc1C. The molecule has 1 amide bonds. The Labute approximate surface area is 125 Å². The first-order valence-corrected chi connectivity index (χ1v) is 7.18. The Balaban J connectivity index is 1.78. The Kier molecular flexibility index (Phi) is 3.49. The summed E-state index contributed by atoms with van der Waals surface area (Å²) in [6, 6.07) is 9.43. The van der Waals surface area contributed by atoms with Gasteiger partial charge in [-0.1, -0.05) is 18.2 Å². The summed E-state index contributed by atoms with van der Waals surface area (Å²) in [6.45, 7) is 3.88. The summed E-state index contributed by atoms with van der Waals surface area (Å²) in [5, 5.41) is 11.6. The molecule has 0 bridgehead atoms. The summed E-state index contributed by atoms with van der Waals surface area (Å²) in [4.78, 5) is 18.9. The molecular formula is C14H13N5OS. The van der Waals surface area contributed by atoms with Crippen molar-refractivity contribution in [2.24, 2.45) is 0 Å². The van der Waals surface area contributed by atoms with Crippen LogP contribution in [-0.2, 0) is 0 Å². The molecular weight excluding hydrogens is 286 g/mol. The topological polar surface area (TPSA) is 72.7 Å². The molecule has 6 nitrogen and oxygen atoms in total. The smallest absolute Gasteiger partial charge is 0.279 e. The third kappa shape index (κ3) is 2.82. The largest absolute Gasteiger partial charge is 0.296 e. The third-order valence-corrected chi connectivity index (χ3v) is 3.95. The van der Waals surface area contributed by atoms with Crippen molar-refractivity contribution in [1.29, 1.82) is 0 Å². The average molecular weight is 299 g/mol. The van der Waals surface area contributed by atoms with E-state index in [0.717, 1.165) is 16.3 Å². The molecule has 0 unspecified atom stereocenters. The van der Waals surface area contributed by atoms with Crippen LogP contribution >= 0.6 is 11.3 Å². The predicted molar refractivity (Wildman–Crippen MR) is 80.9 cm³/mol. The second-order valence-corrected chi connectivity index (χ2v) is 5.67. The van der Waals surface area contributed by atoms with Gasteiger partial charge in [0, 0.05) is 4.88 Å². The molecule has 0 aliphatic carbocycles. The van der Waals surface area contributed by atoms with Crippen LogP contribution in [0.2, 0.25) is 0 Å². The molecule has 2 heterocycles. The maximum Gasteiger partial charge on any atom is 0.279 e. The van der Waals surface area contributed by atoms with Crippen molar-refractivity contribution in [3.63, 3.8) is 0 Å². The summed E-state index contributed by atoms with van der Waals surface area (Å²) >= 11 is 1.44. The summed E-state index contributed by atoms with van der Waals surface area (Å²) in [5.41, 5.74) is 1.98. The first kappa shape index (κ1) is 13.4. The van der Waals surface area contributed by atoms with Gasteiger partial charge in [-0.15, -0.1) is 16.4 Å². The average Bonchev–Trinajstić information content (AvgIpc) is 3.08. The zero-order chi connectivity index (χ0) is 14.8. The fourth-order valence-corrected chi connectivity index (χ4v) is 2.55. The Morgan fingerprint density at radius 1 is 1.24 bits per heavy atom. The second kappa shape index (κ2) is 5.45. The molecule has 1 aromatic carbocycles. The van der Waals surface area contributed by atoms with Crippen LogP contribution < -0.4 is 5.32 Å². The number of amides is 1. The van der Waals surface area contributed by atoms with Crippen LogP contribution in [0.3, 0.4) is 0 Å². The molecule has 3 aromatic rings. The molecule has 21 heavy (non-hydrogen) atoms. The lowest BCUT2D eigenvalue weighted by Gasteiger charge is -1.98. The Morgan fingerprint density at radius 2 is 2.00 bits per heavy atom. The molecule has 0 spiro atoms. The maximum atomic E-state index is 12.1. The Bertz CT molecular complexity index is 758. The lowest BCUT2D eigenvalue weighted by Crippen LogP contribution is -2.13. The van der Waals surface area contributed by atoms with Crippen LogP contribution in [0, 0.1) is 13.8 Å². The highest BCUT2D eigenvalue weighted by Crippen LogP contribution is 2.21. The normalized spacial score (nSPS) is 10.6. The van der Waals surface area contributed by atoms with Crippen molar-refractivity contribution < 1.29 is 4.79 Å². The van der Waals surface area contributed by atoms with Crippen molar-refractivity contribution in [1.82, 2.24) is 20.0 Å². The Morgan fingerprint density at radius 3 is 2.67 bits per heavy atom. The highest BCUT2D eigenvalue weighted by atomic mass is 32.1. The number of carbonyl (C=O) groups is 1. The summed E-state index contributed by atoms with van der Waals surface area (Å²) in [7, 11) is 0. The number of hydrogen-bond donors (Lipinski definition) is 1. The zero-order valence-corrected chi connectivity index (χ0v) is 12.4. The van der Waals surface area contributed by atoms with Crippen molar-refractivity contribution in [2.75, 3.05) is 5.32 Å². The first-order chi connectivity index (χ1) is 10.1. The number of rotatable bonds is 3. The van der Waals surface area contributed by atoms with Crippen molar-refractivity contribution in [3.8, 4) is 5.69 Å². The molecule has 0 fully saturated rings. The molecule has 0 saturated heterocycles. The number of nitrogens with one attached hydrogen (secondary N) is 1. The standard InChI is InChI=1S/C14H13N5OS/c1-9-10(2)21-14(16-9)17-13(20)12-8-15-19(18-12)11-6-4-3-5-7-11/h3-8H,1-2H3,(H,16,17,20). The molecule has 0 saturated carbocycles. The van der Waals surface area contributed by atoms with E-state index in [1.165, 1.54) is 22.3 Å². The van der Waals surface area contributed by atoms with Crippen LogP contribution in [0.25, 0.3) is 5.69 Å². The molecule has 2 aromatic heterocycles. The van der Waals surface area contributed by atoms with Gasteiger partial charge in [-0.3, -0.25) is 10.1 Å². The molecule has 1 N–H and O–H groups in total.